The summed E-state index contributed by atoms with van der Waals surface area (Å²) in [6.07, 6.45) is -1.12. The summed E-state index contributed by atoms with van der Waals surface area (Å²) >= 11 is 0. The van der Waals surface area contributed by atoms with Crippen molar-refractivity contribution in [3.05, 3.63) is 60.0 Å². The number of aromatic amines is 1. The number of rotatable bonds is 3. The molecule has 1 saturated heterocycles. The van der Waals surface area contributed by atoms with Gasteiger partial charge in [0.1, 0.15) is 6.10 Å². The molecule has 2 aromatic heterocycles. The van der Waals surface area contributed by atoms with Crippen LogP contribution in [0.5, 0.6) is 5.75 Å². The van der Waals surface area contributed by atoms with Gasteiger partial charge >= 0.3 is 6.18 Å². The molecular formula is C20H18F3N3O2. The van der Waals surface area contributed by atoms with Crippen LogP contribution in [0.15, 0.2) is 48.8 Å². The monoisotopic (exact) mass is 389 g/mol. The number of alkyl halides is 3. The normalized spacial score (nSPS) is 15.8. The predicted molar refractivity (Wildman–Crippen MR) is 97.1 cm³/mol. The third kappa shape index (κ3) is 3.67. The Balaban J connectivity index is 1.40. The van der Waals surface area contributed by atoms with Crippen LogP contribution >= 0.6 is 0 Å². The van der Waals surface area contributed by atoms with Crippen molar-refractivity contribution in [1.82, 2.24) is 14.9 Å². The number of halogens is 3. The van der Waals surface area contributed by atoms with Gasteiger partial charge in [0.15, 0.2) is 11.4 Å². The Bertz CT molecular complexity index is 992. The van der Waals surface area contributed by atoms with Gasteiger partial charge in [0.25, 0.3) is 5.91 Å². The van der Waals surface area contributed by atoms with E-state index in [0.29, 0.717) is 31.5 Å². The van der Waals surface area contributed by atoms with Gasteiger partial charge in [-0.2, -0.15) is 13.2 Å². The smallest absolute Gasteiger partial charge is 0.437 e. The van der Waals surface area contributed by atoms with Crippen LogP contribution in [0.3, 0.4) is 0 Å². The van der Waals surface area contributed by atoms with Crippen molar-refractivity contribution < 1.29 is 22.7 Å². The number of H-pyrrole nitrogens is 1. The van der Waals surface area contributed by atoms with Crippen LogP contribution in [0, 0.1) is 0 Å². The molecule has 1 aliphatic rings. The van der Waals surface area contributed by atoms with Crippen LogP contribution in [0.4, 0.5) is 13.2 Å². The van der Waals surface area contributed by atoms with Gasteiger partial charge in [-0.1, -0.05) is 6.07 Å². The Morgan fingerprint density at radius 2 is 1.96 bits per heavy atom. The summed E-state index contributed by atoms with van der Waals surface area (Å²) in [6, 6.07) is 10.1. The number of carbonyl (C=O) groups excluding carboxylic acids is 1. The minimum atomic E-state index is -4.57. The van der Waals surface area contributed by atoms with Gasteiger partial charge in [0.2, 0.25) is 0 Å². The zero-order valence-corrected chi connectivity index (χ0v) is 14.9. The number of nitrogens with zero attached hydrogens (tertiary/aromatic N) is 2. The van der Waals surface area contributed by atoms with E-state index in [1.54, 1.807) is 11.0 Å². The van der Waals surface area contributed by atoms with Crippen LogP contribution in [-0.4, -0.2) is 40.0 Å². The highest BCUT2D eigenvalue weighted by molar-refractivity contribution is 5.98. The number of aromatic nitrogens is 2. The van der Waals surface area contributed by atoms with Crippen LogP contribution in [0.1, 0.15) is 28.9 Å². The summed E-state index contributed by atoms with van der Waals surface area (Å²) in [7, 11) is 0. The average molecular weight is 389 g/mol. The van der Waals surface area contributed by atoms with Crippen LogP contribution in [0.25, 0.3) is 10.9 Å². The predicted octanol–water partition coefficient (Wildman–Crippen LogP) is 4.27. The molecule has 1 aromatic carbocycles. The van der Waals surface area contributed by atoms with E-state index in [0.717, 1.165) is 17.1 Å². The molecule has 1 amide bonds. The summed E-state index contributed by atoms with van der Waals surface area (Å²) in [5.74, 6) is -0.357. The lowest BCUT2D eigenvalue weighted by Gasteiger charge is -2.32. The molecule has 1 N–H and O–H groups in total. The number of likely N-dealkylation sites (tertiary alicyclic amines) is 1. The van der Waals surface area contributed by atoms with Crippen molar-refractivity contribution in [2.75, 3.05) is 13.1 Å². The molecule has 0 atom stereocenters. The number of hydrogen-bond donors (Lipinski definition) is 1. The molecule has 3 heterocycles. The Kier molecular flexibility index (Phi) is 4.70. The topological polar surface area (TPSA) is 58.2 Å². The molecule has 8 heteroatoms. The quantitative estimate of drug-likeness (QED) is 0.728. The van der Waals surface area contributed by atoms with Gasteiger partial charge in [0, 0.05) is 49.4 Å². The van der Waals surface area contributed by atoms with Crippen molar-refractivity contribution in [2.45, 2.75) is 25.1 Å². The van der Waals surface area contributed by atoms with E-state index in [1.807, 2.05) is 24.4 Å². The fourth-order valence-corrected chi connectivity index (χ4v) is 3.42. The van der Waals surface area contributed by atoms with E-state index in [-0.39, 0.29) is 17.8 Å². The fraction of sp³-hybridized carbons (Fsp3) is 0.300. The molecule has 1 aliphatic heterocycles. The first-order valence-electron chi connectivity index (χ1n) is 8.97. The van der Waals surface area contributed by atoms with E-state index in [1.165, 1.54) is 12.1 Å². The second-order valence-corrected chi connectivity index (χ2v) is 6.74. The number of ether oxygens (including phenoxy) is 1. The lowest BCUT2D eigenvalue weighted by atomic mass is 10.1. The molecule has 0 saturated carbocycles. The van der Waals surface area contributed by atoms with E-state index in [4.69, 9.17) is 4.74 Å². The zero-order chi connectivity index (χ0) is 19.7. The Labute approximate surface area is 159 Å². The molecule has 4 rings (SSSR count). The minimum Gasteiger partial charge on any atom is -0.488 e. The summed E-state index contributed by atoms with van der Waals surface area (Å²) in [4.78, 5) is 20.9. The van der Waals surface area contributed by atoms with Gasteiger partial charge in [-0.15, -0.1) is 0 Å². The Morgan fingerprint density at radius 3 is 2.71 bits per heavy atom. The second-order valence-electron chi connectivity index (χ2n) is 6.74. The molecule has 0 bridgehead atoms. The highest BCUT2D eigenvalue weighted by Gasteiger charge is 2.37. The minimum absolute atomic E-state index is 0.0905. The summed E-state index contributed by atoms with van der Waals surface area (Å²) in [5.41, 5.74) is 0.453. The highest BCUT2D eigenvalue weighted by Crippen LogP contribution is 2.35. The molecule has 0 unspecified atom stereocenters. The third-order valence-corrected chi connectivity index (χ3v) is 4.86. The van der Waals surface area contributed by atoms with Gasteiger partial charge in [-0.3, -0.25) is 4.79 Å². The van der Waals surface area contributed by atoms with E-state index < -0.39 is 11.9 Å². The number of nitrogens with one attached hydrogen (secondary N) is 1. The Morgan fingerprint density at radius 1 is 1.18 bits per heavy atom. The number of piperidine rings is 1. The van der Waals surface area contributed by atoms with E-state index in [2.05, 4.69) is 9.97 Å². The maximum absolute atomic E-state index is 13.0. The SMILES string of the molecule is O=C(c1ccc2cc[nH]c2c1)N1CCC(Oc2cccnc2C(F)(F)F)CC1. The van der Waals surface area contributed by atoms with Crippen molar-refractivity contribution in [3.63, 3.8) is 0 Å². The maximum atomic E-state index is 13.0. The van der Waals surface area contributed by atoms with Crippen molar-refractivity contribution >= 4 is 16.8 Å². The number of hydrogen-bond acceptors (Lipinski definition) is 3. The standard InChI is InChI=1S/C20H18F3N3O2/c21-20(22,23)18-17(2-1-8-25-18)28-15-6-10-26(11-7-15)19(27)14-4-3-13-5-9-24-16(13)12-14/h1-5,8-9,12,15,24H,6-7,10-11H2. The molecule has 3 aromatic rings. The number of amides is 1. The van der Waals surface area contributed by atoms with Gasteiger partial charge in [-0.25, -0.2) is 4.98 Å². The van der Waals surface area contributed by atoms with Gasteiger partial charge < -0.3 is 14.6 Å². The van der Waals surface area contributed by atoms with Crippen molar-refractivity contribution in [1.29, 1.82) is 0 Å². The summed E-state index contributed by atoms with van der Waals surface area (Å²) in [6.45, 7) is 0.849. The first-order chi connectivity index (χ1) is 13.4. The maximum Gasteiger partial charge on any atom is 0.437 e. The molecule has 0 radical (unpaired) electrons. The highest BCUT2D eigenvalue weighted by atomic mass is 19.4. The van der Waals surface area contributed by atoms with E-state index in [9.17, 15) is 18.0 Å². The van der Waals surface area contributed by atoms with Gasteiger partial charge in [0.05, 0.1) is 0 Å². The lowest BCUT2D eigenvalue weighted by molar-refractivity contribution is -0.143. The number of fused-ring (bicyclic) bond motifs is 1. The van der Waals surface area contributed by atoms with Crippen molar-refractivity contribution in [3.8, 4) is 5.75 Å². The first kappa shape index (κ1) is 18.3. The largest absolute Gasteiger partial charge is 0.488 e. The van der Waals surface area contributed by atoms with Crippen LogP contribution in [-0.2, 0) is 6.18 Å². The van der Waals surface area contributed by atoms with Gasteiger partial charge in [-0.05, 0) is 35.7 Å². The molecule has 5 nitrogen and oxygen atoms in total. The van der Waals surface area contributed by atoms with Crippen LogP contribution in [0.2, 0.25) is 0 Å². The first-order valence-corrected chi connectivity index (χ1v) is 8.97. The molecule has 0 spiro atoms. The second kappa shape index (κ2) is 7.18. The number of carbonyl (C=O) groups is 1. The molecule has 146 valence electrons. The summed E-state index contributed by atoms with van der Waals surface area (Å²) in [5, 5.41) is 1.03. The Hall–Kier alpha value is -3.03. The summed E-state index contributed by atoms with van der Waals surface area (Å²) < 4.78 is 44.7. The van der Waals surface area contributed by atoms with Crippen molar-refractivity contribution in [2.24, 2.45) is 0 Å². The third-order valence-electron chi connectivity index (χ3n) is 4.86. The molecule has 0 aliphatic carbocycles. The number of benzene rings is 1. The van der Waals surface area contributed by atoms with Crippen LogP contribution < -0.4 is 4.74 Å². The zero-order valence-electron chi connectivity index (χ0n) is 14.9. The average Bonchev–Trinajstić information content (AvgIpc) is 3.15. The lowest BCUT2D eigenvalue weighted by Crippen LogP contribution is -2.42. The molecular weight excluding hydrogens is 371 g/mol. The van der Waals surface area contributed by atoms with E-state index >= 15 is 0 Å². The fourth-order valence-electron chi connectivity index (χ4n) is 3.42. The molecule has 1 fully saturated rings. The number of pyridine rings is 1. The molecule has 28 heavy (non-hydrogen) atoms.